The summed E-state index contributed by atoms with van der Waals surface area (Å²) in [5.74, 6) is 0. The minimum absolute atomic E-state index is 0.355. The molecule has 2 unspecified atom stereocenters. The monoisotopic (exact) mass is 228 g/mol. The molecular formula is C12H24N2O2. The van der Waals surface area contributed by atoms with Gasteiger partial charge in [0.2, 0.25) is 0 Å². The van der Waals surface area contributed by atoms with E-state index in [1.165, 1.54) is 12.8 Å². The Balaban J connectivity index is 1.64. The SMILES string of the molecule is COCC(C)NCC1CN(C2CC2)CCO1. The van der Waals surface area contributed by atoms with Crippen molar-refractivity contribution in [2.45, 2.75) is 38.0 Å². The molecule has 1 heterocycles. The second kappa shape index (κ2) is 5.96. The summed E-state index contributed by atoms with van der Waals surface area (Å²) in [6.07, 6.45) is 3.13. The second-order valence-corrected chi connectivity index (χ2v) is 4.98. The maximum Gasteiger partial charge on any atom is 0.0826 e. The molecule has 1 saturated heterocycles. The third-order valence-electron chi connectivity index (χ3n) is 3.34. The molecule has 94 valence electrons. The zero-order valence-electron chi connectivity index (χ0n) is 10.4. The van der Waals surface area contributed by atoms with Gasteiger partial charge in [-0.25, -0.2) is 0 Å². The summed E-state index contributed by atoms with van der Waals surface area (Å²) >= 11 is 0. The molecule has 16 heavy (non-hydrogen) atoms. The summed E-state index contributed by atoms with van der Waals surface area (Å²) in [5.41, 5.74) is 0. The van der Waals surface area contributed by atoms with Crippen molar-refractivity contribution < 1.29 is 9.47 Å². The molecular weight excluding hydrogens is 204 g/mol. The normalized spacial score (nSPS) is 29.2. The smallest absolute Gasteiger partial charge is 0.0826 e. The molecule has 0 radical (unpaired) electrons. The quantitative estimate of drug-likeness (QED) is 0.717. The maximum absolute atomic E-state index is 5.77. The number of rotatable bonds is 6. The molecule has 2 fully saturated rings. The van der Waals surface area contributed by atoms with Crippen molar-refractivity contribution in [2.75, 3.05) is 40.0 Å². The highest BCUT2D eigenvalue weighted by Crippen LogP contribution is 2.27. The van der Waals surface area contributed by atoms with Gasteiger partial charge in [0.05, 0.1) is 19.3 Å². The van der Waals surface area contributed by atoms with Crippen molar-refractivity contribution in [3.05, 3.63) is 0 Å². The lowest BCUT2D eigenvalue weighted by Gasteiger charge is -2.33. The molecule has 2 atom stereocenters. The van der Waals surface area contributed by atoms with E-state index in [0.717, 1.165) is 38.9 Å². The summed E-state index contributed by atoms with van der Waals surface area (Å²) in [7, 11) is 1.74. The Morgan fingerprint density at radius 1 is 1.50 bits per heavy atom. The van der Waals surface area contributed by atoms with Gasteiger partial charge in [0.1, 0.15) is 0 Å². The van der Waals surface area contributed by atoms with Crippen molar-refractivity contribution in [3.8, 4) is 0 Å². The van der Waals surface area contributed by atoms with Crippen LogP contribution in [0.15, 0.2) is 0 Å². The van der Waals surface area contributed by atoms with E-state index in [9.17, 15) is 0 Å². The molecule has 0 bridgehead atoms. The van der Waals surface area contributed by atoms with Crippen molar-refractivity contribution in [2.24, 2.45) is 0 Å². The van der Waals surface area contributed by atoms with Gasteiger partial charge >= 0.3 is 0 Å². The van der Waals surface area contributed by atoms with E-state index in [0.29, 0.717) is 12.1 Å². The topological polar surface area (TPSA) is 33.7 Å². The van der Waals surface area contributed by atoms with Gasteiger partial charge in [-0.3, -0.25) is 4.90 Å². The second-order valence-electron chi connectivity index (χ2n) is 4.98. The van der Waals surface area contributed by atoms with E-state index in [-0.39, 0.29) is 0 Å². The third-order valence-corrected chi connectivity index (χ3v) is 3.34. The van der Waals surface area contributed by atoms with E-state index < -0.39 is 0 Å². The lowest BCUT2D eigenvalue weighted by Crippen LogP contribution is -2.49. The van der Waals surface area contributed by atoms with Crippen molar-refractivity contribution in [3.63, 3.8) is 0 Å². The van der Waals surface area contributed by atoms with E-state index in [1.807, 2.05) is 0 Å². The Labute approximate surface area is 98.3 Å². The highest BCUT2D eigenvalue weighted by molar-refractivity contribution is 4.88. The van der Waals surface area contributed by atoms with Crippen LogP contribution in [0.3, 0.4) is 0 Å². The lowest BCUT2D eigenvalue weighted by molar-refractivity contribution is -0.0317. The Morgan fingerprint density at radius 3 is 3.00 bits per heavy atom. The summed E-state index contributed by atoms with van der Waals surface area (Å²) in [5, 5.41) is 3.46. The number of hydrogen-bond acceptors (Lipinski definition) is 4. The maximum atomic E-state index is 5.77. The van der Waals surface area contributed by atoms with E-state index in [2.05, 4.69) is 17.1 Å². The average Bonchev–Trinajstić information content (AvgIpc) is 3.11. The van der Waals surface area contributed by atoms with Crippen LogP contribution in [0.4, 0.5) is 0 Å². The van der Waals surface area contributed by atoms with Gasteiger partial charge in [-0.1, -0.05) is 0 Å². The predicted molar refractivity (Wildman–Crippen MR) is 63.7 cm³/mol. The molecule has 1 aliphatic heterocycles. The average molecular weight is 228 g/mol. The minimum atomic E-state index is 0.355. The fourth-order valence-corrected chi connectivity index (χ4v) is 2.28. The van der Waals surface area contributed by atoms with Crippen LogP contribution in [0.1, 0.15) is 19.8 Å². The molecule has 0 aromatic carbocycles. The first-order chi connectivity index (χ1) is 7.79. The van der Waals surface area contributed by atoms with Crippen molar-refractivity contribution >= 4 is 0 Å². The van der Waals surface area contributed by atoms with Crippen LogP contribution >= 0.6 is 0 Å². The van der Waals surface area contributed by atoms with Crippen molar-refractivity contribution in [1.29, 1.82) is 0 Å². The first kappa shape index (κ1) is 12.3. The molecule has 0 amide bonds. The fraction of sp³-hybridized carbons (Fsp3) is 1.00. The Hall–Kier alpha value is -0.160. The number of methoxy groups -OCH3 is 1. The van der Waals surface area contributed by atoms with Crippen LogP contribution in [0, 0.1) is 0 Å². The van der Waals surface area contributed by atoms with Crippen LogP contribution in [0.5, 0.6) is 0 Å². The molecule has 4 heteroatoms. The van der Waals surface area contributed by atoms with Gasteiger partial charge in [-0.15, -0.1) is 0 Å². The van der Waals surface area contributed by atoms with Gasteiger partial charge in [-0.05, 0) is 19.8 Å². The summed E-state index contributed by atoms with van der Waals surface area (Å²) in [4.78, 5) is 2.58. The number of morpholine rings is 1. The molecule has 2 aliphatic rings. The third kappa shape index (κ3) is 3.70. The van der Waals surface area contributed by atoms with Crippen LogP contribution in [0.25, 0.3) is 0 Å². The van der Waals surface area contributed by atoms with Gasteiger partial charge in [-0.2, -0.15) is 0 Å². The highest BCUT2D eigenvalue weighted by atomic mass is 16.5. The molecule has 0 aromatic heterocycles. The minimum Gasteiger partial charge on any atom is -0.383 e. The summed E-state index contributed by atoms with van der Waals surface area (Å²) in [6, 6.07) is 1.27. The number of nitrogens with zero attached hydrogens (tertiary/aromatic N) is 1. The Bertz CT molecular complexity index is 209. The first-order valence-corrected chi connectivity index (χ1v) is 6.37. The summed E-state index contributed by atoms with van der Waals surface area (Å²) < 4.78 is 10.9. The van der Waals surface area contributed by atoms with E-state index in [1.54, 1.807) is 7.11 Å². The highest BCUT2D eigenvalue weighted by Gasteiger charge is 2.32. The number of nitrogens with one attached hydrogen (secondary N) is 1. The molecule has 0 spiro atoms. The van der Waals surface area contributed by atoms with Crippen LogP contribution in [-0.2, 0) is 9.47 Å². The van der Waals surface area contributed by atoms with Gasteiger partial charge < -0.3 is 14.8 Å². The van der Waals surface area contributed by atoms with Crippen LogP contribution in [-0.4, -0.2) is 63.0 Å². The van der Waals surface area contributed by atoms with Gasteiger partial charge in [0, 0.05) is 38.8 Å². The molecule has 2 rings (SSSR count). The Kier molecular flexibility index (Phi) is 4.58. The van der Waals surface area contributed by atoms with Crippen LogP contribution < -0.4 is 5.32 Å². The summed E-state index contributed by atoms with van der Waals surface area (Å²) in [6.45, 7) is 6.95. The lowest BCUT2D eigenvalue weighted by atomic mass is 10.2. The molecule has 0 aromatic rings. The van der Waals surface area contributed by atoms with Crippen LogP contribution in [0.2, 0.25) is 0 Å². The number of ether oxygens (including phenoxy) is 2. The first-order valence-electron chi connectivity index (χ1n) is 6.37. The molecule has 4 nitrogen and oxygen atoms in total. The van der Waals surface area contributed by atoms with E-state index in [4.69, 9.17) is 9.47 Å². The standard InChI is InChI=1S/C12H24N2O2/c1-10(9-15-2)13-7-12-8-14(5-6-16-12)11-3-4-11/h10-13H,3-9H2,1-2H3. The van der Waals surface area contributed by atoms with Gasteiger partial charge in [0.15, 0.2) is 0 Å². The predicted octanol–water partition coefficient (Wildman–Crippen LogP) is 0.474. The zero-order chi connectivity index (χ0) is 11.4. The van der Waals surface area contributed by atoms with E-state index >= 15 is 0 Å². The fourth-order valence-electron chi connectivity index (χ4n) is 2.28. The molecule has 1 aliphatic carbocycles. The Morgan fingerprint density at radius 2 is 2.31 bits per heavy atom. The number of hydrogen-bond donors (Lipinski definition) is 1. The largest absolute Gasteiger partial charge is 0.383 e. The molecule has 1 saturated carbocycles. The zero-order valence-corrected chi connectivity index (χ0v) is 10.4. The molecule has 1 N–H and O–H groups in total. The van der Waals surface area contributed by atoms with Crippen molar-refractivity contribution in [1.82, 2.24) is 10.2 Å². The van der Waals surface area contributed by atoms with Gasteiger partial charge in [0.25, 0.3) is 0 Å².